The molecule has 0 fully saturated rings. The van der Waals surface area contributed by atoms with Crippen LogP contribution in [0.15, 0.2) is 30.3 Å². The van der Waals surface area contributed by atoms with E-state index in [0.29, 0.717) is 0 Å². The molecule has 0 aliphatic carbocycles. The van der Waals surface area contributed by atoms with E-state index in [1.54, 1.807) is 44.1 Å². The van der Waals surface area contributed by atoms with Gasteiger partial charge in [0.15, 0.2) is 0 Å². The van der Waals surface area contributed by atoms with Crippen molar-refractivity contribution >= 4 is 0 Å². The van der Waals surface area contributed by atoms with E-state index in [0.717, 1.165) is 5.56 Å². The summed E-state index contributed by atoms with van der Waals surface area (Å²) < 4.78 is -0.629. The van der Waals surface area contributed by atoms with Gasteiger partial charge in [0.05, 0.1) is 0 Å². The van der Waals surface area contributed by atoms with Crippen LogP contribution in [0.3, 0.4) is 0 Å². The minimum atomic E-state index is -0.629. The molecule has 61 valence electrons. The van der Waals surface area contributed by atoms with Crippen LogP contribution >= 0.6 is 0 Å². The SMILES string of the molecule is O=[N+]([O-])[CH]([Pt])c1ccccc1. The summed E-state index contributed by atoms with van der Waals surface area (Å²) in [4.78, 5) is 9.99. The van der Waals surface area contributed by atoms with Crippen molar-refractivity contribution in [2.24, 2.45) is 0 Å². The molecule has 1 aromatic rings. The third kappa shape index (κ3) is 2.12. The average molecular weight is 331 g/mol. The molecule has 1 unspecified atom stereocenters. The maximum absolute atomic E-state index is 10.3. The van der Waals surface area contributed by atoms with Gasteiger partial charge in [-0.25, -0.2) is 0 Å². The van der Waals surface area contributed by atoms with Gasteiger partial charge >= 0.3 is 75.2 Å². The Labute approximate surface area is 75.5 Å². The summed E-state index contributed by atoms with van der Waals surface area (Å²) in [6.07, 6.45) is 0. The Morgan fingerprint density at radius 2 is 1.91 bits per heavy atom. The third-order valence-corrected chi connectivity index (χ3v) is 2.46. The minimum absolute atomic E-state index is 0.309. The molecule has 0 saturated heterocycles. The number of hydrogen-bond donors (Lipinski definition) is 0. The summed E-state index contributed by atoms with van der Waals surface area (Å²) in [6, 6.07) is 8.93. The van der Waals surface area contributed by atoms with Crippen LogP contribution in [-0.4, -0.2) is 4.92 Å². The summed E-state index contributed by atoms with van der Waals surface area (Å²) in [5.41, 5.74) is 0.735. The Morgan fingerprint density at radius 3 is 2.36 bits per heavy atom. The molecule has 0 aliphatic heterocycles. The standard InChI is InChI=1S/C7H6NO2.Pt/c9-8(10)6-7-4-2-1-3-5-7;/h1-6H;. The van der Waals surface area contributed by atoms with E-state index in [9.17, 15) is 10.1 Å². The molecule has 0 saturated carbocycles. The van der Waals surface area contributed by atoms with Gasteiger partial charge < -0.3 is 0 Å². The molecule has 0 bridgehead atoms. The molecule has 11 heavy (non-hydrogen) atoms. The Bertz CT molecular complexity index is 250. The molecular weight excluding hydrogens is 325 g/mol. The third-order valence-electron chi connectivity index (χ3n) is 1.23. The van der Waals surface area contributed by atoms with E-state index in [4.69, 9.17) is 0 Å². The molecule has 4 heteroatoms. The van der Waals surface area contributed by atoms with Crippen molar-refractivity contribution in [3.8, 4) is 0 Å². The zero-order valence-corrected chi connectivity index (χ0v) is 7.82. The fraction of sp³-hybridized carbons (Fsp3) is 0.143. The second-order valence-corrected chi connectivity index (χ2v) is 3.24. The summed E-state index contributed by atoms with van der Waals surface area (Å²) in [7, 11) is 0. The first kappa shape index (κ1) is 8.41. The number of benzene rings is 1. The molecule has 0 heterocycles. The first-order chi connectivity index (χ1) is 5.22. The fourth-order valence-electron chi connectivity index (χ4n) is 0.722. The zero-order valence-electron chi connectivity index (χ0n) is 5.54. The van der Waals surface area contributed by atoms with Gasteiger partial charge in [0, 0.05) is 0 Å². The molecule has 3 nitrogen and oxygen atoms in total. The van der Waals surface area contributed by atoms with Crippen molar-refractivity contribution in [1.82, 2.24) is 0 Å². The number of nitrogens with zero attached hydrogens (tertiary/aromatic N) is 1. The zero-order chi connectivity index (χ0) is 8.27. The van der Waals surface area contributed by atoms with Crippen molar-refractivity contribution in [1.29, 1.82) is 0 Å². The molecule has 1 atom stereocenters. The van der Waals surface area contributed by atoms with E-state index >= 15 is 0 Å². The maximum atomic E-state index is 10.3. The predicted octanol–water partition coefficient (Wildman–Crippen LogP) is 1.51. The molecule has 0 N–H and O–H groups in total. The van der Waals surface area contributed by atoms with Crippen LogP contribution in [0.25, 0.3) is 0 Å². The second-order valence-electron chi connectivity index (χ2n) is 2.00. The van der Waals surface area contributed by atoms with Crippen LogP contribution in [0.2, 0.25) is 0 Å². The summed E-state index contributed by atoms with van der Waals surface area (Å²) in [5.74, 6) is 0. The van der Waals surface area contributed by atoms with Crippen molar-refractivity contribution in [3.05, 3.63) is 46.0 Å². The van der Waals surface area contributed by atoms with E-state index in [1.165, 1.54) is 0 Å². The summed E-state index contributed by atoms with van der Waals surface area (Å²) in [5, 5.41) is 10.3. The molecular formula is C7H6NO2Pt. The first-order valence-electron chi connectivity index (χ1n) is 3.01. The van der Waals surface area contributed by atoms with Gasteiger partial charge in [-0.05, 0) is 0 Å². The topological polar surface area (TPSA) is 43.1 Å². The van der Waals surface area contributed by atoms with Crippen LogP contribution < -0.4 is 0 Å². The Balaban J connectivity index is 2.85. The number of nitro groups is 1. The van der Waals surface area contributed by atoms with Gasteiger partial charge in [-0.15, -0.1) is 0 Å². The number of rotatable bonds is 2. The molecule has 0 radical (unpaired) electrons. The van der Waals surface area contributed by atoms with Gasteiger partial charge in [-0.1, -0.05) is 0 Å². The van der Waals surface area contributed by atoms with Crippen LogP contribution in [0.5, 0.6) is 0 Å². The molecule has 0 aromatic heterocycles. The van der Waals surface area contributed by atoms with Crippen LogP contribution in [0.4, 0.5) is 0 Å². The van der Waals surface area contributed by atoms with Gasteiger partial charge in [0.1, 0.15) is 0 Å². The molecule has 1 aromatic carbocycles. The van der Waals surface area contributed by atoms with Crippen molar-refractivity contribution < 1.29 is 24.7 Å². The predicted molar refractivity (Wildman–Crippen MR) is 36.2 cm³/mol. The monoisotopic (exact) mass is 331 g/mol. The first-order valence-corrected chi connectivity index (χ1v) is 4.32. The summed E-state index contributed by atoms with van der Waals surface area (Å²) in [6.45, 7) is 0. The van der Waals surface area contributed by atoms with Crippen molar-refractivity contribution in [2.45, 2.75) is 4.43 Å². The quantitative estimate of drug-likeness (QED) is 0.609. The van der Waals surface area contributed by atoms with Gasteiger partial charge in [0.25, 0.3) is 0 Å². The van der Waals surface area contributed by atoms with Gasteiger partial charge in [-0.2, -0.15) is 0 Å². The van der Waals surface area contributed by atoms with Gasteiger partial charge in [0.2, 0.25) is 0 Å². The van der Waals surface area contributed by atoms with Crippen molar-refractivity contribution in [3.63, 3.8) is 0 Å². The van der Waals surface area contributed by atoms with Gasteiger partial charge in [-0.3, -0.25) is 0 Å². The van der Waals surface area contributed by atoms with E-state index in [-0.39, 0.29) is 4.92 Å². The van der Waals surface area contributed by atoms with Crippen LogP contribution in [0, 0.1) is 10.1 Å². The normalized spacial score (nSPS) is 12.5. The molecule has 0 aliphatic rings. The summed E-state index contributed by atoms with van der Waals surface area (Å²) >= 11 is 1.78. The Hall–Kier alpha value is -0.692. The van der Waals surface area contributed by atoms with E-state index in [2.05, 4.69) is 0 Å². The molecule has 0 amide bonds. The van der Waals surface area contributed by atoms with Crippen LogP contribution in [-0.2, 0) is 19.8 Å². The van der Waals surface area contributed by atoms with E-state index < -0.39 is 4.43 Å². The Morgan fingerprint density at radius 1 is 1.36 bits per heavy atom. The Kier molecular flexibility index (Phi) is 2.77. The average Bonchev–Trinajstić information content (AvgIpc) is 2.05. The second kappa shape index (κ2) is 3.63. The van der Waals surface area contributed by atoms with Crippen molar-refractivity contribution in [2.75, 3.05) is 0 Å². The van der Waals surface area contributed by atoms with Crippen LogP contribution in [0.1, 0.15) is 10.00 Å². The fourth-order valence-corrected chi connectivity index (χ4v) is 1.16. The molecule has 0 spiro atoms. The molecule has 1 rings (SSSR count). The van der Waals surface area contributed by atoms with E-state index in [1.807, 2.05) is 6.07 Å². The number of hydrogen-bond acceptors (Lipinski definition) is 2.